The molecule has 0 aromatic heterocycles. The Balaban J connectivity index is 2.94. The van der Waals surface area contributed by atoms with Gasteiger partial charge < -0.3 is 10.6 Å². The van der Waals surface area contributed by atoms with Gasteiger partial charge in [0.15, 0.2) is 5.82 Å². The van der Waals surface area contributed by atoms with E-state index >= 15 is 0 Å². The molecule has 120 valence electrons. The van der Waals surface area contributed by atoms with Crippen molar-refractivity contribution in [3.05, 3.63) is 21.4 Å². The number of benzene rings is 1. The van der Waals surface area contributed by atoms with Crippen molar-refractivity contribution >= 4 is 43.2 Å². The van der Waals surface area contributed by atoms with Crippen molar-refractivity contribution in [2.45, 2.75) is 24.8 Å². The summed E-state index contributed by atoms with van der Waals surface area (Å²) in [6.45, 7) is 4.63. The number of nitrogens with zero attached hydrogens (tertiary/aromatic N) is 1. The fourth-order valence-electron chi connectivity index (χ4n) is 1.49. The molecule has 0 heterocycles. The average Bonchev–Trinajstić information content (AvgIpc) is 2.39. The molecule has 0 spiro atoms. The molecule has 1 aromatic carbocycles. The van der Waals surface area contributed by atoms with Crippen molar-refractivity contribution in [3.8, 4) is 0 Å². The van der Waals surface area contributed by atoms with Gasteiger partial charge in [-0.15, -0.1) is 0 Å². The molecule has 3 N–H and O–H groups in total. The van der Waals surface area contributed by atoms with E-state index in [1.807, 2.05) is 25.8 Å². The fourth-order valence-corrected chi connectivity index (χ4v) is 3.19. The maximum absolute atomic E-state index is 14.0. The lowest BCUT2D eigenvalue weighted by atomic mass is 10.3. The van der Waals surface area contributed by atoms with Crippen molar-refractivity contribution in [2.75, 3.05) is 25.9 Å². The summed E-state index contributed by atoms with van der Waals surface area (Å²) in [5.41, 5.74) is 5.16. The van der Waals surface area contributed by atoms with Crippen molar-refractivity contribution in [1.29, 1.82) is 0 Å². The first-order chi connectivity index (χ1) is 9.58. The van der Waals surface area contributed by atoms with Gasteiger partial charge in [0.1, 0.15) is 4.90 Å². The molecule has 0 amide bonds. The largest absolute Gasteiger partial charge is 0.395 e. The number of nitrogen functional groups attached to an aromatic ring is 1. The number of likely N-dealkylation sites (N-methyl/N-ethyl adjacent to an activating group) is 1. The molecule has 0 aliphatic rings. The number of nitrogens with two attached hydrogens (primary N) is 1. The van der Waals surface area contributed by atoms with E-state index in [1.54, 1.807) is 0 Å². The Morgan fingerprint density at radius 2 is 2.10 bits per heavy atom. The van der Waals surface area contributed by atoms with Gasteiger partial charge in [-0.3, -0.25) is 0 Å². The standard InChI is InChI=1S/C12H18BrClFN3O2S/c1-7(2)18(3)5-4-17-21(19,20)9-6-8(14)10(13)12(16)11(9)15/h6-7,17H,4-5,16H2,1-3H3. The van der Waals surface area contributed by atoms with Gasteiger partial charge in [-0.25, -0.2) is 17.5 Å². The van der Waals surface area contributed by atoms with E-state index in [0.29, 0.717) is 6.54 Å². The summed E-state index contributed by atoms with van der Waals surface area (Å²) in [6, 6.07) is 1.32. The van der Waals surface area contributed by atoms with Crippen LogP contribution < -0.4 is 10.5 Å². The van der Waals surface area contributed by atoms with Crippen molar-refractivity contribution < 1.29 is 12.8 Å². The Hall–Kier alpha value is -0.410. The van der Waals surface area contributed by atoms with Crippen LogP contribution in [0.5, 0.6) is 0 Å². The highest BCUT2D eigenvalue weighted by molar-refractivity contribution is 9.10. The van der Waals surface area contributed by atoms with Crippen molar-refractivity contribution in [2.24, 2.45) is 0 Å². The van der Waals surface area contributed by atoms with Crippen LogP contribution in [-0.4, -0.2) is 39.5 Å². The molecule has 0 fully saturated rings. The number of halogens is 3. The van der Waals surface area contributed by atoms with Crippen LogP contribution in [0, 0.1) is 5.82 Å². The van der Waals surface area contributed by atoms with Crippen LogP contribution in [0.2, 0.25) is 5.02 Å². The summed E-state index contributed by atoms with van der Waals surface area (Å²) in [7, 11) is -2.14. The Kier molecular flexibility index (Phi) is 6.42. The van der Waals surface area contributed by atoms with Crippen molar-refractivity contribution in [1.82, 2.24) is 9.62 Å². The van der Waals surface area contributed by atoms with E-state index in [4.69, 9.17) is 17.3 Å². The third kappa shape index (κ3) is 4.53. The molecule has 0 aliphatic carbocycles. The molecule has 9 heteroatoms. The van der Waals surface area contributed by atoms with Crippen LogP contribution in [-0.2, 0) is 10.0 Å². The number of nitrogens with one attached hydrogen (secondary N) is 1. The minimum absolute atomic E-state index is 0.0357. The maximum atomic E-state index is 14.0. The second kappa shape index (κ2) is 7.23. The molecule has 0 aliphatic heterocycles. The highest BCUT2D eigenvalue weighted by Crippen LogP contribution is 2.34. The monoisotopic (exact) mass is 401 g/mol. The highest BCUT2D eigenvalue weighted by atomic mass is 79.9. The summed E-state index contributed by atoms with van der Waals surface area (Å²) in [4.78, 5) is 1.40. The first-order valence-electron chi connectivity index (χ1n) is 6.20. The zero-order valence-electron chi connectivity index (χ0n) is 12.0. The Labute approximate surface area is 137 Å². The van der Waals surface area contributed by atoms with Gasteiger partial charge in [-0.05, 0) is 42.9 Å². The number of anilines is 1. The molecular formula is C12H18BrClFN3O2S. The molecule has 0 saturated carbocycles. The van der Waals surface area contributed by atoms with E-state index in [0.717, 1.165) is 6.07 Å². The van der Waals surface area contributed by atoms with Crippen LogP contribution in [0.4, 0.5) is 10.1 Å². The van der Waals surface area contributed by atoms with Crippen LogP contribution in [0.1, 0.15) is 13.8 Å². The number of hydrogen-bond donors (Lipinski definition) is 2. The molecule has 5 nitrogen and oxygen atoms in total. The van der Waals surface area contributed by atoms with E-state index in [1.165, 1.54) is 0 Å². The summed E-state index contributed by atoms with van der Waals surface area (Å²) < 4.78 is 40.7. The average molecular weight is 403 g/mol. The fraction of sp³-hybridized carbons (Fsp3) is 0.500. The second-order valence-corrected chi connectivity index (χ2v) is 7.81. The van der Waals surface area contributed by atoms with Crippen molar-refractivity contribution in [3.63, 3.8) is 0 Å². The molecule has 1 rings (SSSR count). The molecule has 1 aromatic rings. The minimum atomic E-state index is -4.01. The summed E-state index contributed by atoms with van der Waals surface area (Å²) in [6.07, 6.45) is 0. The van der Waals surface area contributed by atoms with E-state index in [-0.39, 0.29) is 27.8 Å². The first-order valence-corrected chi connectivity index (χ1v) is 8.86. The lowest BCUT2D eigenvalue weighted by Gasteiger charge is -2.21. The Morgan fingerprint density at radius 1 is 1.52 bits per heavy atom. The molecule has 0 unspecified atom stereocenters. The van der Waals surface area contributed by atoms with E-state index in [9.17, 15) is 12.8 Å². The smallest absolute Gasteiger partial charge is 0.243 e. The van der Waals surface area contributed by atoms with Gasteiger partial charge >= 0.3 is 0 Å². The summed E-state index contributed by atoms with van der Waals surface area (Å²) >= 11 is 8.83. The van der Waals surface area contributed by atoms with Gasteiger partial charge in [0.2, 0.25) is 10.0 Å². The zero-order valence-corrected chi connectivity index (χ0v) is 15.1. The topological polar surface area (TPSA) is 75.4 Å². The van der Waals surface area contributed by atoms with Gasteiger partial charge in [0, 0.05) is 19.1 Å². The second-order valence-electron chi connectivity index (χ2n) is 4.87. The first kappa shape index (κ1) is 18.6. The molecule has 0 atom stereocenters. The van der Waals surface area contributed by atoms with Gasteiger partial charge in [-0.2, -0.15) is 0 Å². The van der Waals surface area contributed by atoms with E-state index < -0.39 is 20.7 Å². The molecule has 21 heavy (non-hydrogen) atoms. The van der Waals surface area contributed by atoms with Gasteiger partial charge in [0.05, 0.1) is 15.2 Å². The van der Waals surface area contributed by atoms with Crippen LogP contribution in [0.15, 0.2) is 15.4 Å². The van der Waals surface area contributed by atoms with Crippen LogP contribution in [0.25, 0.3) is 0 Å². The number of sulfonamides is 1. The Bertz CT molecular complexity index is 625. The maximum Gasteiger partial charge on any atom is 0.243 e. The molecule has 0 radical (unpaired) electrons. The third-order valence-electron chi connectivity index (χ3n) is 3.08. The van der Waals surface area contributed by atoms with Gasteiger partial charge in [-0.1, -0.05) is 11.6 Å². The number of hydrogen-bond acceptors (Lipinski definition) is 4. The van der Waals surface area contributed by atoms with E-state index in [2.05, 4.69) is 20.7 Å². The Morgan fingerprint density at radius 3 is 2.62 bits per heavy atom. The summed E-state index contributed by atoms with van der Waals surface area (Å²) in [5.74, 6) is -1.02. The predicted octanol–water partition coefficient (Wildman–Crippen LogP) is 2.44. The predicted molar refractivity (Wildman–Crippen MR) is 86.5 cm³/mol. The SMILES string of the molecule is CC(C)N(C)CCNS(=O)(=O)c1cc(Cl)c(Br)c(N)c1F. The summed E-state index contributed by atoms with van der Waals surface area (Å²) in [5, 5.41) is 0.0357. The van der Waals surface area contributed by atoms with Crippen LogP contribution in [0.3, 0.4) is 0 Å². The molecule has 0 bridgehead atoms. The normalized spacial score (nSPS) is 12.4. The number of rotatable bonds is 6. The molecule has 0 saturated heterocycles. The lowest BCUT2D eigenvalue weighted by molar-refractivity contribution is 0.278. The van der Waals surface area contributed by atoms with Gasteiger partial charge in [0.25, 0.3) is 0 Å². The minimum Gasteiger partial charge on any atom is -0.395 e. The third-order valence-corrected chi connectivity index (χ3v) is 5.93. The highest BCUT2D eigenvalue weighted by Gasteiger charge is 2.24. The zero-order chi connectivity index (χ0) is 16.4. The lowest BCUT2D eigenvalue weighted by Crippen LogP contribution is -2.36. The van der Waals surface area contributed by atoms with Crippen LogP contribution >= 0.6 is 27.5 Å². The quantitative estimate of drug-likeness (QED) is 0.566. The molecular weight excluding hydrogens is 385 g/mol.